The van der Waals surface area contributed by atoms with Crippen molar-refractivity contribution in [3.05, 3.63) is 70.8 Å². The highest BCUT2D eigenvalue weighted by Gasteiger charge is 2.29. The van der Waals surface area contributed by atoms with E-state index in [0.29, 0.717) is 40.8 Å². The fourth-order valence-corrected chi connectivity index (χ4v) is 4.31. The first-order chi connectivity index (χ1) is 14.5. The summed E-state index contributed by atoms with van der Waals surface area (Å²) in [5.74, 6) is 2.59. The lowest BCUT2D eigenvalue weighted by Gasteiger charge is -2.32. The molecule has 3 aromatic rings. The summed E-state index contributed by atoms with van der Waals surface area (Å²) < 4.78 is 8.72. The molecule has 1 aromatic heterocycles. The van der Waals surface area contributed by atoms with Crippen molar-refractivity contribution in [2.24, 2.45) is 0 Å². The number of rotatable bonds is 5. The van der Waals surface area contributed by atoms with Gasteiger partial charge in [-0.1, -0.05) is 30.3 Å². The van der Waals surface area contributed by atoms with Gasteiger partial charge in [0.05, 0.1) is 5.56 Å². The van der Waals surface area contributed by atoms with Gasteiger partial charge in [-0.2, -0.15) is 5.10 Å². The number of piperidine rings is 1. The molecule has 0 bridgehead atoms. The van der Waals surface area contributed by atoms with Gasteiger partial charge in [-0.05, 0) is 63.2 Å². The van der Waals surface area contributed by atoms with E-state index in [9.17, 15) is 4.79 Å². The summed E-state index contributed by atoms with van der Waals surface area (Å²) in [6.07, 6.45) is 1.72. The second-order valence-corrected chi connectivity index (χ2v) is 8.22. The number of amides is 1. The Hall–Kier alpha value is -2.93. The normalized spacial score (nSPS) is 14.8. The van der Waals surface area contributed by atoms with E-state index in [0.717, 1.165) is 18.7 Å². The second kappa shape index (κ2) is 8.83. The predicted molar refractivity (Wildman–Crippen MR) is 119 cm³/mol. The zero-order valence-electron chi connectivity index (χ0n) is 17.2. The molecule has 4 rings (SSSR count). The zero-order chi connectivity index (χ0) is 21.1. The number of nitrogens with zero attached hydrogens (tertiary/aromatic N) is 3. The highest BCUT2D eigenvalue weighted by atomic mass is 32.1. The van der Waals surface area contributed by atoms with Gasteiger partial charge in [-0.25, -0.2) is 0 Å². The molecular weight excluding hydrogens is 396 g/mol. The second-order valence-electron chi connectivity index (χ2n) is 7.83. The fraction of sp³-hybridized carbons (Fsp3) is 0.348. The first-order valence-corrected chi connectivity index (χ1v) is 10.7. The molecule has 1 amide bonds. The van der Waals surface area contributed by atoms with Gasteiger partial charge >= 0.3 is 0 Å². The number of carbonyl (C=O) groups is 1. The number of carbonyl (C=O) groups excluding carboxylic acids is 1. The standard InChI is InChI=1S/C23H26N4O2S/c1-16(2)27-21(24-25-23(27)30)17-12-14-26(15-13-17)22(28)19-10-6-7-11-20(19)29-18-8-4-3-5-9-18/h3-11,16-17H,12-15H2,1-2H3,(H,25,30). The van der Waals surface area contributed by atoms with Crippen LogP contribution in [0.3, 0.4) is 0 Å². The van der Waals surface area contributed by atoms with Gasteiger partial charge < -0.3 is 14.2 Å². The Balaban J connectivity index is 1.47. The maximum Gasteiger partial charge on any atom is 0.257 e. The average Bonchev–Trinajstić information content (AvgIpc) is 3.16. The van der Waals surface area contributed by atoms with Gasteiger partial charge in [0.1, 0.15) is 17.3 Å². The van der Waals surface area contributed by atoms with E-state index >= 15 is 0 Å². The molecule has 0 atom stereocenters. The number of likely N-dealkylation sites (tertiary alicyclic amines) is 1. The molecule has 7 heteroatoms. The van der Waals surface area contributed by atoms with E-state index in [2.05, 4.69) is 28.6 Å². The van der Waals surface area contributed by atoms with Crippen molar-refractivity contribution >= 4 is 18.1 Å². The van der Waals surface area contributed by atoms with E-state index in [1.807, 2.05) is 59.5 Å². The summed E-state index contributed by atoms with van der Waals surface area (Å²) >= 11 is 5.38. The molecule has 0 aliphatic carbocycles. The van der Waals surface area contributed by atoms with Gasteiger partial charge in [0.2, 0.25) is 0 Å². The van der Waals surface area contributed by atoms with E-state index in [4.69, 9.17) is 17.0 Å². The minimum absolute atomic E-state index is 0.00250. The fourth-order valence-electron chi connectivity index (χ4n) is 3.96. The van der Waals surface area contributed by atoms with E-state index < -0.39 is 0 Å². The number of ether oxygens (including phenoxy) is 1. The van der Waals surface area contributed by atoms with Crippen LogP contribution in [0.25, 0.3) is 0 Å². The smallest absolute Gasteiger partial charge is 0.257 e. The molecule has 0 spiro atoms. The first-order valence-electron chi connectivity index (χ1n) is 10.3. The van der Waals surface area contributed by atoms with Crippen molar-refractivity contribution in [3.8, 4) is 11.5 Å². The van der Waals surface area contributed by atoms with Crippen LogP contribution < -0.4 is 4.74 Å². The summed E-state index contributed by atoms with van der Waals surface area (Å²) in [7, 11) is 0. The third-order valence-electron chi connectivity index (χ3n) is 5.48. The van der Waals surface area contributed by atoms with Gasteiger partial charge in [0.25, 0.3) is 5.91 Å². The summed E-state index contributed by atoms with van der Waals surface area (Å²) in [5.41, 5.74) is 0.588. The molecule has 0 radical (unpaired) electrons. The molecule has 1 fully saturated rings. The SMILES string of the molecule is CC(C)n1c(C2CCN(C(=O)c3ccccc3Oc3ccccc3)CC2)n[nH]c1=S. The molecule has 0 saturated carbocycles. The minimum Gasteiger partial charge on any atom is -0.457 e. The predicted octanol–water partition coefficient (Wildman–Crippen LogP) is 5.33. The van der Waals surface area contributed by atoms with Crippen LogP contribution in [-0.2, 0) is 0 Å². The van der Waals surface area contributed by atoms with Gasteiger partial charge in [0.15, 0.2) is 4.77 Å². The molecule has 1 aliphatic heterocycles. The molecule has 6 nitrogen and oxygen atoms in total. The van der Waals surface area contributed by atoms with E-state index in [1.165, 1.54) is 0 Å². The van der Waals surface area contributed by atoms with Crippen molar-refractivity contribution < 1.29 is 9.53 Å². The summed E-state index contributed by atoms with van der Waals surface area (Å²) in [4.78, 5) is 15.1. The Labute approximate surface area is 181 Å². The maximum atomic E-state index is 13.2. The van der Waals surface area contributed by atoms with Crippen molar-refractivity contribution in [3.63, 3.8) is 0 Å². The topological polar surface area (TPSA) is 63.1 Å². The molecule has 1 N–H and O–H groups in total. The largest absolute Gasteiger partial charge is 0.457 e. The Bertz CT molecular complexity index is 1070. The van der Waals surface area contributed by atoms with Crippen LogP contribution in [0.1, 0.15) is 54.8 Å². The highest BCUT2D eigenvalue weighted by molar-refractivity contribution is 7.71. The maximum absolute atomic E-state index is 13.2. The van der Waals surface area contributed by atoms with E-state index in [1.54, 1.807) is 0 Å². The van der Waals surface area contributed by atoms with Crippen LogP contribution in [0.15, 0.2) is 54.6 Å². The van der Waals surface area contributed by atoms with Crippen LogP contribution in [0, 0.1) is 4.77 Å². The third kappa shape index (κ3) is 4.16. The van der Waals surface area contributed by atoms with E-state index in [-0.39, 0.29) is 11.9 Å². The van der Waals surface area contributed by atoms with Crippen molar-refractivity contribution in [1.29, 1.82) is 0 Å². The van der Waals surface area contributed by atoms with Gasteiger partial charge in [0, 0.05) is 25.0 Å². The Morgan fingerprint density at radius 2 is 1.77 bits per heavy atom. The number of hydrogen-bond donors (Lipinski definition) is 1. The summed E-state index contributed by atoms with van der Waals surface area (Å²) in [6, 6.07) is 17.2. The molecular formula is C23H26N4O2S. The third-order valence-corrected chi connectivity index (χ3v) is 5.77. The quantitative estimate of drug-likeness (QED) is 0.564. The average molecular weight is 423 g/mol. The minimum atomic E-state index is 0.00250. The number of aromatic amines is 1. The van der Waals surface area contributed by atoms with Crippen molar-refractivity contribution in [2.45, 2.75) is 38.6 Å². The lowest BCUT2D eigenvalue weighted by molar-refractivity contribution is 0.0707. The number of hydrogen-bond acceptors (Lipinski definition) is 4. The lowest BCUT2D eigenvalue weighted by atomic mass is 9.95. The monoisotopic (exact) mass is 422 g/mol. The van der Waals surface area contributed by atoms with Gasteiger partial charge in [-0.3, -0.25) is 9.89 Å². The molecule has 0 unspecified atom stereocenters. The van der Waals surface area contributed by atoms with Crippen LogP contribution in [0.5, 0.6) is 11.5 Å². The molecule has 156 valence electrons. The van der Waals surface area contributed by atoms with Crippen molar-refractivity contribution in [1.82, 2.24) is 19.7 Å². The molecule has 1 aliphatic rings. The summed E-state index contributed by atoms with van der Waals surface area (Å²) in [6.45, 7) is 5.58. The number of aromatic nitrogens is 3. The first kappa shape index (κ1) is 20.3. The van der Waals surface area contributed by atoms with Crippen LogP contribution in [0.2, 0.25) is 0 Å². The zero-order valence-corrected chi connectivity index (χ0v) is 18.1. The van der Waals surface area contributed by atoms with Crippen LogP contribution in [-0.4, -0.2) is 38.7 Å². The Kier molecular flexibility index (Phi) is 5.99. The van der Waals surface area contributed by atoms with Crippen molar-refractivity contribution in [2.75, 3.05) is 13.1 Å². The van der Waals surface area contributed by atoms with Crippen LogP contribution in [0.4, 0.5) is 0 Å². The number of H-pyrrole nitrogens is 1. The lowest BCUT2D eigenvalue weighted by Crippen LogP contribution is -2.38. The molecule has 1 saturated heterocycles. The number of para-hydroxylation sites is 2. The molecule has 30 heavy (non-hydrogen) atoms. The summed E-state index contributed by atoms with van der Waals surface area (Å²) in [5, 5.41) is 7.40. The Morgan fingerprint density at radius 1 is 1.10 bits per heavy atom. The van der Waals surface area contributed by atoms with Gasteiger partial charge in [-0.15, -0.1) is 0 Å². The van der Waals surface area contributed by atoms with Crippen LogP contribution >= 0.6 is 12.2 Å². The Morgan fingerprint density at radius 3 is 2.47 bits per heavy atom. The highest BCUT2D eigenvalue weighted by Crippen LogP contribution is 2.31. The molecule has 2 heterocycles. The number of benzene rings is 2. The molecule has 2 aromatic carbocycles. The number of nitrogens with one attached hydrogen (secondary N) is 1.